The van der Waals surface area contributed by atoms with Gasteiger partial charge in [0.15, 0.2) is 0 Å². The van der Waals surface area contributed by atoms with E-state index in [0.717, 1.165) is 101 Å². The molecule has 2 radical (unpaired) electrons. The normalized spacial score (nSPS) is 40.2. The summed E-state index contributed by atoms with van der Waals surface area (Å²) >= 11 is 2.22. The van der Waals surface area contributed by atoms with Gasteiger partial charge < -0.3 is 28.8 Å². The maximum Gasteiger partial charge on any atom is 0.209 e. The lowest BCUT2D eigenvalue weighted by molar-refractivity contribution is -0.0492. The summed E-state index contributed by atoms with van der Waals surface area (Å²) in [5, 5.41) is 41.4. The highest BCUT2D eigenvalue weighted by atomic mass is 32.2. The second-order valence-corrected chi connectivity index (χ2v) is 24.7. The topological polar surface area (TPSA) is 99.4 Å². The van der Waals surface area contributed by atoms with E-state index < -0.39 is 23.4 Å². The molecule has 8 aliphatic carbocycles. The number of hydrogen-bond donors (Lipinski definition) is 4. The van der Waals surface area contributed by atoms with Crippen LogP contribution in [0.25, 0.3) is 0 Å². The lowest BCUT2D eigenvalue weighted by Gasteiger charge is -2.57. The van der Waals surface area contributed by atoms with Gasteiger partial charge in [-0.2, -0.15) is 0 Å². The molecule has 0 heterocycles. The van der Waals surface area contributed by atoms with Crippen molar-refractivity contribution in [1.29, 1.82) is 2.67 Å². The first-order chi connectivity index (χ1) is 31.0. The van der Waals surface area contributed by atoms with E-state index in [1.807, 2.05) is 27.7 Å². The first-order valence-corrected chi connectivity index (χ1v) is 26.7. The van der Waals surface area contributed by atoms with Crippen LogP contribution >= 0.6 is 23.8 Å². The smallest absolute Gasteiger partial charge is 0.209 e. The predicted molar refractivity (Wildman–Crippen MR) is 271 cm³/mol. The maximum absolute atomic E-state index is 11.0. The second-order valence-electron chi connectivity index (χ2n) is 24.0. The van der Waals surface area contributed by atoms with Crippen molar-refractivity contribution in [1.82, 2.24) is 0 Å². The van der Waals surface area contributed by atoms with Gasteiger partial charge in [0.1, 0.15) is 0 Å². The molecule has 0 bridgehead atoms. The summed E-state index contributed by atoms with van der Waals surface area (Å²) in [5.41, 5.74) is 7.98. The molecule has 4 unspecified atom stereocenters. The van der Waals surface area contributed by atoms with Crippen molar-refractivity contribution >= 4 is 38.0 Å². The minimum absolute atomic E-state index is 0.0144. The molecule has 4 fully saturated rings. The highest BCUT2D eigenvalue weighted by Crippen LogP contribution is 2.67. The first kappa shape index (κ1) is 48.1. The van der Waals surface area contributed by atoms with E-state index in [1.54, 1.807) is 22.3 Å². The zero-order chi connectivity index (χ0) is 48.0. The zero-order valence-corrected chi connectivity index (χ0v) is 42.8. The van der Waals surface area contributed by atoms with Gasteiger partial charge in [-0.25, -0.2) is 0 Å². The molecule has 8 aliphatic rings. The van der Waals surface area contributed by atoms with E-state index >= 15 is 0 Å². The van der Waals surface area contributed by atoms with E-state index in [4.69, 9.17) is 11.0 Å². The fourth-order valence-electron chi connectivity index (χ4n) is 15.2. The number of allylic oxidation sites excluding steroid dienone is 10. The van der Waals surface area contributed by atoms with Crippen LogP contribution in [0.1, 0.15) is 172 Å². The third kappa shape index (κ3) is 9.64. The summed E-state index contributed by atoms with van der Waals surface area (Å²) in [6.07, 6.45) is 29.3. The monoisotopic (exact) mass is 919 g/mol. The molecule has 0 saturated heterocycles. The van der Waals surface area contributed by atoms with E-state index in [1.165, 1.54) is 38.2 Å². The Labute approximate surface area is 402 Å². The summed E-state index contributed by atoms with van der Waals surface area (Å²) in [7, 11) is 2.51. The Bertz CT molecular complexity index is 1940. The zero-order valence-electron chi connectivity index (χ0n) is 43.1. The average Bonchev–Trinajstić information content (AvgIpc) is 3.79. The molecule has 0 spiro atoms. The number of rotatable bonds is 16. The van der Waals surface area contributed by atoms with E-state index in [-0.39, 0.29) is 33.9 Å². The molecule has 4 N–H and O–H groups in total. The van der Waals surface area contributed by atoms with Gasteiger partial charge in [0.2, 0.25) is 14.2 Å². The molecule has 0 aromatic rings. The molecular weight excluding hydrogens is 830 g/mol. The molecule has 0 amide bonds. The van der Waals surface area contributed by atoms with Crippen molar-refractivity contribution in [2.24, 2.45) is 57.2 Å². The van der Waals surface area contributed by atoms with E-state index in [2.05, 4.69) is 78.0 Å². The number of aliphatic hydroxyl groups is 4. The van der Waals surface area contributed by atoms with Crippen molar-refractivity contribution in [2.75, 3.05) is 0 Å². The lowest BCUT2D eigenvalue weighted by atomic mass is 9.49. The Morgan fingerprint density at radius 2 is 1.19 bits per heavy atom. The Morgan fingerprint density at radius 3 is 1.69 bits per heavy atom. The molecule has 0 aromatic carbocycles. The van der Waals surface area contributed by atoms with Crippen LogP contribution in [0.2, 0.25) is 0 Å². The van der Waals surface area contributed by atoms with Crippen LogP contribution in [-0.4, -0.2) is 72.9 Å². The molecule has 6 nitrogen and oxygen atoms in total. The first-order valence-electron chi connectivity index (χ1n) is 26.2. The fraction of sp³-hybridized carbons (Fsp3) is 0.778. The van der Waals surface area contributed by atoms with Gasteiger partial charge in [0.25, 0.3) is 0 Å². The minimum Gasteiger partial charge on any atom is -0.393 e. The summed E-state index contributed by atoms with van der Waals surface area (Å²) in [5.74, 6) is 3.02. The SMILES string of the molecule is C[C@H](CCCC(C)(C)O)C1=CCC2C3=CC=C4C[C@@H](O)C[C@H](O)[C@]4(C)C3CC[C@]12C.[3H][B]SO[C@@H]1CC2=CC=C3C(CC[C@]4(C)C([C@H](C)CCCC(C)(C)O)=CCC34)[C@@]2(C)[C@@H](OS[B][3H])C1. The maximum atomic E-state index is 11.0. The van der Waals surface area contributed by atoms with Gasteiger partial charge >= 0.3 is 0 Å². The molecule has 354 valence electrons. The summed E-state index contributed by atoms with van der Waals surface area (Å²) < 4.78 is 27.0. The van der Waals surface area contributed by atoms with Crippen molar-refractivity contribution in [3.05, 3.63) is 69.9 Å². The molecule has 10 heteroatoms. The van der Waals surface area contributed by atoms with Crippen LogP contribution in [0.4, 0.5) is 0 Å². The van der Waals surface area contributed by atoms with Gasteiger partial charge in [-0.15, -0.1) is 0 Å². The standard InChI is InChI=1S/C27H42B2O3S2.C27H42O3/c1-17(7-6-13-25(2,3)30)21-10-11-22-20-9-8-18-15-19(31-33-28)16-24(32-34-29)27(18,5)23(20)12-14-26(21,22)4;1-17(7-6-13-25(2,3)30)21-10-11-22-20-9-8-18-15-19(28)16-24(29)27(18,5)23(20)12-14-26(21,22)4/h8-10,17,19,22-24,28-30H,6-7,11-16H2,1-5H3;8-10,17,19,22-24,28-30H,6-7,11-16H2,1-5H3/t2*17-,19-,22?,23?,24+,26-,27+/m11/s1/i28T,29T;. The quantitative estimate of drug-likeness (QED) is 0.0690. The number of fused-ring (bicyclic) bond motifs is 10. The van der Waals surface area contributed by atoms with Crippen molar-refractivity contribution in [2.45, 2.75) is 208 Å². The average molecular weight is 919 g/mol. The summed E-state index contributed by atoms with van der Waals surface area (Å²) in [4.78, 5) is 0. The highest BCUT2D eigenvalue weighted by Gasteiger charge is 2.59. The van der Waals surface area contributed by atoms with Crippen LogP contribution in [0.5, 0.6) is 0 Å². The van der Waals surface area contributed by atoms with Crippen LogP contribution in [0.3, 0.4) is 0 Å². The minimum atomic E-state index is -0.586. The molecule has 14 atom stereocenters. The third-order valence-corrected chi connectivity index (χ3v) is 19.5. The number of aliphatic hydroxyl groups excluding tert-OH is 2. The molecule has 64 heavy (non-hydrogen) atoms. The van der Waals surface area contributed by atoms with E-state index in [0.29, 0.717) is 48.3 Å². The summed E-state index contributed by atoms with van der Waals surface area (Å²) in [6.45, 7) is 22.0. The van der Waals surface area contributed by atoms with Crippen molar-refractivity contribution in [3.63, 3.8) is 0 Å². The Hall–Kier alpha value is -0.970. The van der Waals surface area contributed by atoms with Gasteiger partial charge in [0.05, 0.1) is 35.6 Å². The van der Waals surface area contributed by atoms with Crippen LogP contribution < -0.4 is 0 Å². The molecule has 0 aromatic heterocycles. The van der Waals surface area contributed by atoms with Gasteiger partial charge in [0, 0.05) is 23.7 Å². The van der Waals surface area contributed by atoms with E-state index in [9.17, 15) is 20.4 Å². The van der Waals surface area contributed by atoms with Crippen LogP contribution in [0, 0.1) is 57.2 Å². The Kier molecular flexibility index (Phi) is 14.6. The Balaban J connectivity index is 0.000000199. The predicted octanol–water partition coefficient (Wildman–Crippen LogP) is 11.6. The van der Waals surface area contributed by atoms with Gasteiger partial charge in [-0.1, -0.05) is 148 Å². The van der Waals surface area contributed by atoms with Crippen molar-refractivity contribution in [3.8, 4) is 0 Å². The van der Waals surface area contributed by atoms with Crippen molar-refractivity contribution < 1.29 is 28.8 Å². The fourth-order valence-corrected chi connectivity index (χ4v) is 15.9. The van der Waals surface area contributed by atoms with Crippen LogP contribution in [-0.2, 0) is 8.37 Å². The highest BCUT2D eigenvalue weighted by molar-refractivity contribution is 8.16. The largest absolute Gasteiger partial charge is 0.393 e. The number of hydrogen-bond acceptors (Lipinski definition) is 8. The molecule has 4 saturated carbocycles. The third-order valence-electron chi connectivity index (χ3n) is 18.8. The van der Waals surface area contributed by atoms with Crippen LogP contribution in [0.15, 0.2) is 69.9 Å². The molecule has 0 aliphatic heterocycles. The van der Waals surface area contributed by atoms with Gasteiger partial charge in [-0.05, 0) is 154 Å². The summed E-state index contributed by atoms with van der Waals surface area (Å²) in [6, 6.07) is 0. The van der Waals surface area contributed by atoms with Gasteiger partial charge in [-0.3, -0.25) is 0 Å². The molecule has 8 rings (SSSR count). The molecular formula is C54H84B2O6S2. The Morgan fingerprint density at radius 1 is 0.703 bits per heavy atom. The second kappa shape index (κ2) is 19.4. The lowest BCUT2D eigenvalue weighted by Crippen LogP contribution is -2.52.